The highest BCUT2D eigenvalue weighted by Crippen LogP contribution is 2.43. The molecule has 1 aromatic carbocycles. The minimum Gasteiger partial charge on any atom is -0.338 e. The van der Waals surface area contributed by atoms with Gasteiger partial charge in [-0.2, -0.15) is 0 Å². The molecule has 0 unspecified atom stereocenters. The number of urea groups is 1. The molecular formula is C22H36N4O. The Morgan fingerprint density at radius 2 is 1.96 bits per heavy atom. The number of hydrogen-bond donors (Lipinski definition) is 1. The van der Waals surface area contributed by atoms with Crippen LogP contribution in [0.4, 0.5) is 4.79 Å². The van der Waals surface area contributed by atoms with Gasteiger partial charge in [0.05, 0.1) is 0 Å². The van der Waals surface area contributed by atoms with E-state index in [1.807, 2.05) is 0 Å². The maximum absolute atomic E-state index is 12.6. The Hall–Kier alpha value is -1.59. The van der Waals surface area contributed by atoms with Gasteiger partial charge in [0, 0.05) is 51.2 Å². The lowest BCUT2D eigenvalue weighted by Crippen LogP contribution is -2.45. The lowest BCUT2D eigenvalue weighted by molar-refractivity contribution is 0.162. The third-order valence-electron chi connectivity index (χ3n) is 5.99. The summed E-state index contributed by atoms with van der Waals surface area (Å²) >= 11 is 0. The zero-order chi connectivity index (χ0) is 19.4. The van der Waals surface area contributed by atoms with Crippen LogP contribution < -0.4 is 5.32 Å². The zero-order valence-electron chi connectivity index (χ0n) is 17.4. The number of amides is 2. The van der Waals surface area contributed by atoms with E-state index < -0.39 is 0 Å². The highest BCUT2D eigenvalue weighted by molar-refractivity contribution is 5.74. The molecule has 0 radical (unpaired) electrons. The van der Waals surface area contributed by atoms with E-state index in [2.05, 4.69) is 78.3 Å². The van der Waals surface area contributed by atoms with Gasteiger partial charge in [0.25, 0.3) is 0 Å². The number of nitrogens with zero attached hydrogens (tertiary/aromatic N) is 3. The Bertz CT molecular complexity index is 618. The van der Waals surface area contributed by atoms with Crippen molar-refractivity contribution in [2.45, 2.75) is 26.8 Å². The molecule has 2 atom stereocenters. The molecule has 0 aromatic heterocycles. The maximum atomic E-state index is 12.6. The minimum atomic E-state index is 0.123. The number of hydrogen-bond acceptors (Lipinski definition) is 3. The number of benzene rings is 1. The number of carbonyl (C=O) groups excluding carboxylic acids is 1. The normalized spacial score (nSPS) is 25.4. The molecule has 150 valence electrons. The van der Waals surface area contributed by atoms with Crippen LogP contribution in [0, 0.1) is 17.3 Å². The molecule has 2 aliphatic rings. The average Bonchev–Trinajstić information content (AvgIpc) is 3.07. The van der Waals surface area contributed by atoms with Crippen molar-refractivity contribution in [1.82, 2.24) is 20.0 Å². The van der Waals surface area contributed by atoms with Crippen molar-refractivity contribution in [1.29, 1.82) is 0 Å². The maximum Gasteiger partial charge on any atom is 0.317 e. The van der Waals surface area contributed by atoms with Crippen LogP contribution in [0.5, 0.6) is 0 Å². The second-order valence-electron chi connectivity index (χ2n) is 9.25. The number of carbonyl (C=O) groups is 1. The van der Waals surface area contributed by atoms with Crippen molar-refractivity contribution in [3.63, 3.8) is 0 Å². The van der Waals surface area contributed by atoms with Gasteiger partial charge in [-0.15, -0.1) is 0 Å². The van der Waals surface area contributed by atoms with Gasteiger partial charge in [-0.1, -0.05) is 44.2 Å². The molecule has 5 nitrogen and oxygen atoms in total. The molecule has 1 aromatic rings. The van der Waals surface area contributed by atoms with Crippen molar-refractivity contribution in [3.05, 3.63) is 35.9 Å². The Morgan fingerprint density at radius 1 is 1.22 bits per heavy atom. The second kappa shape index (κ2) is 8.61. The van der Waals surface area contributed by atoms with E-state index in [1.54, 1.807) is 0 Å². The number of nitrogens with one attached hydrogen (secondary N) is 1. The minimum absolute atomic E-state index is 0.123. The van der Waals surface area contributed by atoms with Crippen molar-refractivity contribution < 1.29 is 4.79 Å². The molecule has 0 bridgehead atoms. The first kappa shape index (κ1) is 20.2. The summed E-state index contributed by atoms with van der Waals surface area (Å²) in [4.78, 5) is 19.6. The molecule has 2 saturated heterocycles. The van der Waals surface area contributed by atoms with Crippen LogP contribution in [0.15, 0.2) is 30.3 Å². The third kappa shape index (κ3) is 5.02. The molecule has 2 aliphatic heterocycles. The van der Waals surface area contributed by atoms with E-state index in [0.717, 1.165) is 52.2 Å². The lowest BCUT2D eigenvalue weighted by Gasteiger charge is -2.32. The number of likely N-dealkylation sites (tertiary alicyclic amines) is 2. The van der Waals surface area contributed by atoms with E-state index >= 15 is 0 Å². The predicted molar refractivity (Wildman–Crippen MR) is 111 cm³/mol. The Kier molecular flexibility index (Phi) is 6.43. The van der Waals surface area contributed by atoms with Crippen LogP contribution in [-0.2, 0) is 6.54 Å². The summed E-state index contributed by atoms with van der Waals surface area (Å²) in [7, 11) is 4.30. The van der Waals surface area contributed by atoms with Crippen LogP contribution >= 0.6 is 0 Å². The van der Waals surface area contributed by atoms with Gasteiger partial charge in [0.1, 0.15) is 0 Å². The monoisotopic (exact) mass is 372 g/mol. The largest absolute Gasteiger partial charge is 0.338 e. The lowest BCUT2D eigenvalue weighted by atomic mass is 9.80. The molecule has 2 amide bonds. The topological polar surface area (TPSA) is 38.8 Å². The first-order valence-electron chi connectivity index (χ1n) is 10.3. The molecule has 0 saturated carbocycles. The molecule has 27 heavy (non-hydrogen) atoms. The third-order valence-corrected chi connectivity index (χ3v) is 5.99. The summed E-state index contributed by atoms with van der Waals surface area (Å²) in [6.45, 7) is 11.1. The zero-order valence-corrected chi connectivity index (χ0v) is 17.4. The molecule has 0 aliphatic carbocycles. The van der Waals surface area contributed by atoms with Gasteiger partial charge in [0.2, 0.25) is 0 Å². The van der Waals surface area contributed by atoms with Crippen molar-refractivity contribution >= 4 is 6.03 Å². The highest BCUT2D eigenvalue weighted by Gasteiger charge is 2.53. The fraction of sp³-hybridized carbons (Fsp3) is 0.682. The predicted octanol–water partition coefficient (Wildman–Crippen LogP) is 2.74. The molecule has 1 N–H and O–H groups in total. The van der Waals surface area contributed by atoms with E-state index in [-0.39, 0.29) is 11.4 Å². The standard InChI is InChI=1S/C22H36N4O/c1-18(2)10-11-23-21(27)26-14-20-13-25(12-19-8-6-5-7-9-19)16-22(20,17-26)15-24(3)4/h5-9,18,20H,10-17H2,1-4H3,(H,23,27)/t20-,22+/m1/s1. The quantitative estimate of drug-likeness (QED) is 0.800. The Morgan fingerprint density at radius 3 is 2.63 bits per heavy atom. The number of rotatable bonds is 7. The first-order chi connectivity index (χ1) is 12.9. The van der Waals surface area contributed by atoms with Crippen molar-refractivity contribution in [3.8, 4) is 0 Å². The van der Waals surface area contributed by atoms with E-state index in [4.69, 9.17) is 0 Å². The van der Waals surface area contributed by atoms with Gasteiger partial charge in [-0.3, -0.25) is 4.90 Å². The molecule has 0 spiro atoms. The Balaban J connectivity index is 1.62. The Labute approximate surface area is 164 Å². The summed E-state index contributed by atoms with van der Waals surface area (Å²) < 4.78 is 0. The molecule has 2 fully saturated rings. The van der Waals surface area contributed by atoms with E-state index in [9.17, 15) is 4.79 Å². The van der Waals surface area contributed by atoms with Crippen LogP contribution in [-0.4, -0.2) is 74.1 Å². The summed E-state index contributed by atoms with van der Waals surface area (Å²) in [5.41, 5.74) is 1.56. The van der Waals surface area contributed by atoms with Gasteiger partial charge >= 0.3 is 6.03 Å². The second-order valence-corrected chi connectivity index (χ2v) is 9.25. The van der Waals surface area contributed by atoms with Crippen molar-refractivity contribution in [2.75, 3.05) is 53.4 Å². The van der Waals surface area contributed by atoms with Gasteiger partial charge in [-0.05, 0) is 37.9 Å². The SMILES string of the molecule is CC(C)CCNC(=O)N1C[C@H]2CN(Cc3ccccc3)C[C@@]2(CN(C)C)C1. The average molecular weight is 373 g/mol. The fourth-order valence-corrected chi connectivity index (χ4v) is 4.84. The van der Waals surface area contributed by atoms with E-state index in [0.29, 0.717) is 11.8 Å². The number of fused-ring (bicyclic) bond motifs is 1. The van der Waals surface area contributed by atoms with E-state index in [1.165, 1.54) is 5.56 Å². The van der Waals surface area contributed by atoms with Crippen LogP contribution in [0.3, 0.4) is 0 Å². The molecular weight excluding hydrogens is 336 g/mol. The highest BCUT2D eigenvalue weighted by atomic mass is 16.2. The van der Waals surface area contributed by atoms with Crippen molar-refractivity contribution in [2.24, 2.45) is 17.3 Å². The molecule has 5 heteroatoms. The summed E-state index contributed by atoms with van der Waals surface area (Å²) in [5.74, 6) is 1.18. The van der Waals surface area contributed by atoms with Crippen LogP contribution in [0.25, 0.3) is 0 Å². The van der Waals surface area contributed by atoms with Gasteiger partial charge < -0.3 is 15.1 Å². The van der Waals surface area contributed by atoms with Gasteiger partial charge in [0.15, 0.2) is 0 Å². The fourth-order valence-electron chi connectivity index (χ4n) is 4.84. The smallest absolute Gasteiger partial charge is 0.317 e. The molecule has 3 rings (SSSR count). The first-order valence-corrected chi connectivity index (χ1v) is 10.3. The summed E-state index contributed by atoms with van der Waals surface area (Å²) in [6.07, 6.45) is 1.04. The van der Waals surface area contributed by atoms with Crippen LogP contribution in [0.1, 0.15) is 25.8 Å². The van der Waals surface area contributed by atoms with Crippen LogP contribution in [0.2, 0.25) is 0 Å². The van der Waals surface area contributed by atoms with Gasteiger partial charge in [-0.25, -0.2) is 4.79 Å². The summed E-state index contributed by atoms with van der Waals surface area (Å²) in [5, 5.41) is 3.13. The molecule has 2 heterocycles. The summed E-state index contributed by atoms with van der Waals surface area (Å²) in [6, 6.07) is 10.8.